The average molecular weight is 413 g/mol. The fraction of sp³-hybridized carbons (Fsp3) is 0.273. The molecule has 3 aromatic heterocycles. The Labute approximate surface area is 182 Å². The summed E-state index contributed by atoms with van der Waals surface area (Å²) >= 11 is 0. The topological polar surface area (TPSA) is 94.5 Å². The molecule has 1 aliphatic rings. The van der Waals surface area contributed by atoms with Crippen LogP contribution in [-0.4, -0.2) is 51.9 Å². The number of aliphatic imine (C=N–C) groups is 1. The van der Waals surface area contributed by atoms with Gasteiger partial charge in [-0.25, -0.2) is 20.8 Å². The number of rotatable bonds is 5. The minimum absolute atomic E-state index is 0.0610. The predicted molar refractivity (Wildman–Crippen MR) is 122 cm³/mol. The summed E-state index contributed by atoms with van der Waals surface area (Å²) in [6.07, 6.45) is 5.45. The largest absolute Gasteiger partial charge is 0.479 e. The SMILES string of the molecule is [B]c1cccc([C@@H]2CCCN(N)C2=NC(=C)c2ccc(-n3cnc(C)c3)c(OC)n2)n1. The van der Waals surface area contributed by atoms with Crippen molar-refractivity contribution in [2.24, 2.45) is 10.8 Å². The number of amidine groups is 1. The second-order valence-electron chi connectivity index (χ2n) is 7.44. The fourth-order valence-corrected chi connectivity index (χ4v) is 3.68. The van der Waals surface area contributed by atoms with Crippen molar-refractivity contribution in [1.29, 1.82) is 0 Å². The smallest absolute Gasteiger partial charge is 0.238 e. The van der Waals surface area contributed by atoms with E-state index in [1.807, 2.05) is 42.0 Å². The predicted octanol–water partition coefficient (Wildman–Crippen LogP) is 1.90. The number of nitrogens with zero attached hydrogens (tertiary/aromatic N) is 6. The molecule has 3 aromatic rings. The molecule has 31 heavy (non-hydrogen) atoms. The second-order valence-corrected chi connectivity index (χ2v) is 7.44. The minimum atomic E-state index is -0.0610. The minimum Gasteiger partial charge on any atom is -0.479 e. The third kappa shape index (κ3) is 4.36. The van der Waals surface area contributed by atoms with E-state index >= 15 is 0 Å². The van der Waals surface area contributed by atoms with Crippen LogP contribution in [0.15, 0.2) is 54.4 Å². The van der Waals surface area contributed by atoms with Crippen molar-refractivity contribution in [2.45, 2.75) is 25.7 Å². The highest BCUT2D eigenvalue weighted by atomic mass is 16.5. The number of ether oxygens (including phenoxy) is 1. The van der Waals surface area contributed by atoms with Crippen LogP contribution in [0.5, 0.6) is 5.88 Å². The van der Waals surface area contributed by atoms with Crippen LogP contribution in [0.25, 0.3) is 11.4 Å². The van der Waals surface area contributed by atoms with Crippen LogP contribution in [0.2, 0.25) is 0 Å². The molecule has 4 rings (SSSR count). The van der Waals surface area contributed by atoms with Gasteiger partial charge in [0, 0.05) is 12.7 Å². The fourth-order valence-electron chi connectivity index (χ4n) is 3.68. The Morgan fingerprint density at radius 3 is 2.84 bits per heavy atom. The molecule has 1 saturated heterocycles. The van der Waals surface area contributed by atoms with Gasteiger partial charge in [-0.05, 0) is 43.6 Å². The van der Waals surface area contributed by atoms with E-state index in [1.54, 1.807) is 24.5 Å². The zero-order chi connectivity index (χ0) is 22.0. The maximum absolute atomic E-state index is 6.28. The molecule has 9 heteroatoms. The zero-order valence-corrected chi connectivity index (χ0v) is 17.7. The lowest BCUT2D eigenvalue weighted by Gasteiger charge is -2.32. The summed E-state index contributed by atoms with van der Waals surface area (Å²) in [5, 5.41) is 1.66. The first-order chi connectivity index (χ1) is 15.0. The van der Waals surface area contributed by atoms with Gasteiger partial charge >= 0.3 is 0 Å². The Balaban J connectivity index is 1.67. The number of pyridine rings is 2. The van der Waals surface area contributed by atoms with Crippen LogP contribution in [0.3, 0.4) is 0 Å². The quantitative estimate of drug-likeness (QED) is 0.507. The molecule has 4 heterocycles. The van der Waals surface area contributed by atoms with E-state index in [-0.39, 0.29) is 5.92 Å². The summed E-state index contributed by atoms with van der Waals surface area (Å²) < 4.78 is 7.37. The number of hydrazine groups is 1. The molecule has 156 valence electrons. The van der Waals surface area contributed by atoms with E-state index in [4.69, 9.17) is 23.4 Å². The standard InChI is InChI=1S/C22H24BN7O/c1-14-12-29(13-25-14)19-10-9-17(28-22(19)31-3)15(2)26-21-16(6-5-11-30(21)24)18-7-4-8-20(23)27-18/h4,7-10,12-13,16H,2,5-6,11,24H2,1,3H3/t16-/m0/s1. The number of hydrogen-bond donors (Lipinski definition) is 1. The lowest BCUT2D eigenvalue weighted by molar-refractivity contribution is 0.366. The van der Waals surface area contributed by atoms with Crippen molar-refractivity contribution in [3.05, 3.63) is 66.5 Å². The van der Waals surface area contributed by atoms with Gasteiger partial charge in [-0.3, -0.25) is 9.99 Å². The molecule has 0 aromatic carbocycles. The van der Waals surface area contributed by atoms with E-state index in [1.165, 1.54) is 0 Å². The van der Waals surface area contributed by atoms with Crippen molar-refractivity contribution in [3.8, 4) is 11.6 Å². The highest BCUT2D eigenvalue weighted by Gasteiger charge is 2.28. The Morgan fingerprint density at radius 2 is 2.13 bits per heavy atom. The molecular weight excluding hydrogens is 389 g/mol. The van der Waals surface area contributed by atoms with Crippen LogP contribution in [0.4, 0.5) is 0 Å². The highest BCUT2D eigenvalue weighted by Crippen LogP contribution is 2.29. The average Bonchev–Trinajstić information content (AvgIpc) is 3.20. The molecular formula is C22H24BN7O. The first kappa shape index (κ1) is 20.8. The number of methoxy groups -OCH3 is 1. The van der Waals surface area contributed by atoms with Crippen molar-refractivity contribution in [1.82, 2.24) is 24.5 Å². The Morgan fingerprint density at radius 1 is 1.29 bits per heavy atom. The number of piperidine rings is 1. The van der Waals surface area contributed by atoms with E-state index in [9.17, 15) is 0 Å². The van der Waals surface area contributed by atoms with Gasteiger partial charge in [0.05, 0.1) is 42.1 Å². The summed E-state index contributed by atoms with van der Waals surface area (Å²) in [5.41, 5.74) is 4.10. The Bertz CT molecular complexity index is 1140. The molecule has 0 bridgehead atoms. The molecule has 1 fully saturated rings. The number of aryl methyl sites for hydroxylation is 1. The number of imidazole rings is 1. The molecule has 0 spiro atoms. The van der Waals surface area contributed by atoms with Gasteiger partial charge < -0.3 is 9.30 Å². The third-order valence-corrected chi connectivity index (χ3v) is 5.22. The first-order valence-electron chi connectivity index (χ1n) is 10.0. The molecule has 0 amide bonds. The summed E-state index contributed by atoms with van der Waals surface area (Å²) in [7, 11) is 7.47. The molecule has 8 nitrogen and oxygen atoms in total. The van der Waals surface area contributed by atoms with Crippen LogP contribution < -0.4 is 16.2 Å². The number of hydrogen-bond acceptors (Lipinski definition) is 6. The number of aromatic nitrogens is 4. The maximum Gasteiger partial charge on any atom is 0.238 e. The van der Waals surface area contributed by atoms with Crippen LogP contribution >= 0.6 is 0 Å². The molecule has 2 N–H and O–H groups in total. The van der Waals surface area contributed by atoms with Crippen LogP contribution in [0, 0.1) is 6.92 Å². The molecule has 1 atom stereocenters. The van der Waals surface area contributed by atoms with E-state index < -0.39 is 0 Å². The summed E-state index contributed by atoms with van der Waals surface area (Å²) in [5.74, 6) is 7.37. The zero-order valence-electron chi connectivity index (χ0n) is 17.7. The van der Waals surface area contributed by atoms with Gasteiger partial charge in [-0.2, -0.15) is 0 Å². The van der Waals surface area contributed by atoms with Crippen LogP contribution in [-0.2, 0) is 0 Å². The Hall–Kier alpha value is -3.46. The first-order valence-corrected chi connectivity index (χ1v) is 10.0. The molecule has 0 aliphatic carbocycles. The Kier molecular flexibility index (Phi) is 5.86. The third-order valence-electron chi connectivity index (χ3n) is 5.22. The van der Waals surface area contributed by atoms with Gasteiger partial charge in [-0.1, -0.05) is 18.7 Å². The van der Waals surface area contributed by atoms with Gasteiger partial charge in [0.25, 0.3) is 0 Å². The lowest BCUT2D eigenvalue weighted by Crippen LogP contribution is -2.45. The van der Waals surface area contributed by atoms with Crippen LogP contribution in [0.1, 0.15) is 35.8 Å². The van der Waals surface area contributed by atoms with E-state index in [0.717, 1.165) is 29.9 Å². The van der Waals surface area contributed by atoms with E-state index in [0.29, 0.717) is 35.2 Å². The maximum atomic E-state index is 6.28. The van der Waals surface area contributed by atoms with Crippen molar-refractivity contribution in [2.75, 3.05) is 13.7 Å². The molecule has 2 radical (unpaired) electrons. The second kappa shape index (κ2) is 8.73. The van der Waals surface area contributed by atoms with Crippen molar-refractivity contribution < 1.29 is 4.74 Å². The van der Waals surface area contributed by atoms with Gasteiger partial charge in [-0.15, -0.1) is 0 Å². The highest BCUT2D eigenvalue weighted by molar-refractivity contribution is 6.30. The molecule has 0 unspecified atom stereocenters. The lowest BCUT2D eigenvalue weighted by atomic mass is 9.92. The summed E-state index contributed by atoms with van der Waals surface area (Å²) in [4.78, 5) is 18.1. The summed E-state index contributed by atoms with van der Waals surface area (Å²) in [6, 6.07) is 9.37. The van der Waals surface area contributed by atoms with Crippen molar-refractivity contribution in [3.63, 3.8) is 0 Å². The van der Waals surface area contributed by atoms with Gasteiger partial charge in [0.15, 0.2) is 0 Å². The van der Waals surface area contributed by atoms with Gasteiger partial charge in [0.1, 0.15) is 19.4 Å². The molecule has 1 aliphatic heterocycles. The number of nitrogens with two attached hydrogens (primary N) is 1. The van der Waals surface area contributed by atoms with E-state index in [2.05, 4.69) is 21.5 Å². The summed E-state index contributed by atoms with van der Waals surface area (Å²) in [6.45, 7) is 6.77. The van der Waals surface area contributed by atoms with Crippen molar-refractivity contribution >= 4 is 25.0 Å². The monoisotopic (exact) mass is 413 g/mol. The van der Waals surface area contributed by atoms with Gasteiger partial charge in [0.2, 0.25) is 5.88 Å². The molecule has 0 saturated carbocycles. The normalized spacial score (nSPS) is 17.7.